The number of rotatable bonds is 1. The molecule has 0 bridgehead atoms. The first-order valence-electron chi connectivity index (χ1n) is 7.09. The molecule has 5 heteroatoms. The molecule has 0 unspecified atom stereocenters. The zero-order valence-electron chi connectivity index (χ0n) is 11.8. The molecule has 0 saturated carbocycles. The lowest BCUT2D eigenvalue weighted by molar-refractivity contribution is 0.749. The molecule has 0 amide bonds. The molecule has 21 heavy (non-hydrogen) atoms. The van der Waals surface area contributed by atoms with Gasteiger partial charge in [-0.05, 0) is 24.5 Å². The van der Waals surface area contributed by atoms with Crippen molar-refractivity contribution in [3.05, 3.63) is 59.4 Å². The highest BCUT2D eigenvalue weighted by Gasteiger charge is 2.19. The standard InChI is InChI=1S/C16H15N5/c1-11-17-8-14(9-18-11)16-20-19-15-7-6-12-4-2-3-5-13(12)10-21(15)16/h2-5,8-9H,6-7,10H2,1H3. The van der Waals surface area contributed by atoms with Gasteiger partial charge in [-0.1, -0.05) is 24.3 Å². The van der Waals surface area contributed by atoms with Gasteiger partial charge in [0.1, 0.15) is 11.6 Å². The molecule has 0 fully saturated rings. The number of hydrogen-bond donors (Lipinski definition) is 0. The Bertz CT molecular complexity index is 789. The number of benzene rings is 1. The van der Waals surface area contributed by atoms with E-state index in [2.05, 4.69) is 49.0 Å². The van der Waals surface area contributed by atoms with E-state index in [9.17, 15) is 0 Å². The van der Waals surface area contributed by atoms with Crippen LogP contribution in [0.4, 0.5) is 0 Å². The molecule has 3 heterocycles. The Labute approximate surface area is 122 Å². The van der Waals surface area contributed by atoms with Crippen molar-refractivity contribution in [1.82, 2.24) is 24.7 Å². The van der Waals surface area contributed by atoms with Crippen molar-refractivity contribution in [1.29, 1.82) is 0 Å². The van der Waals surface area contributed by atoms with Crippen molar-refractivity contribution in [3.8, 4) is 11.4 Å². The summed E-state index contributed by atoms with van der Waals surface area (Å²) in [5.41, 5.74) is 3.65. The van der Waals surface area contributed by atoms with Crippen LogP contribution in [0.2, 0.25) is 0 Å². The van der Waals surface area contributed by atoms with Gasteiger partial charge in [0, 0.05) is 18.8 Å². The number of aromatic nitrogens is 5. The van der Waals surface area contributed by atoms with Crippen LogP contribution in [0.1, 0.15) is 22.8 Å². The molecule has 0 N–H and O–H groups in total. The molecule has 1 aromatic carbocycles. The van der Waals surface area contributed by atoms with Crippen LogP contribution < -0.4 is 0 Å². The lowest BCUT2D eigenvalue weighted by Crippen LogP contribution is -2.05. The van der Waals surface area contributed by atoms with Gasteiger partial charge in [0.2, 0.25) is 0 Å². The van der Waals surface area contributed by atoms with E-state index in [4.69, 9.17) is 0 Å². The summed E-state index contributed by atoms with van der Waals surface area (Å²) in [7, 11) is 0. The van der Waals surface area contributed by atoms with Gasteiger partial charge in [-0.15, -0.1) is 10.2 Å². The first kappa shape index (κ1) is 12.2. The quantitative estimate of drug-likeness (QED) is 0.684. The predicted octanol–water partition coefficient (Wildman–Crippen LogP) is 2.19. The van der Waals surface area contributed by atoms with Crippen molar-refractivity contribution < 1.29 is 0 Å². The molecule has 0 radical (unpaired) electrons. The summed E-state index contributed by atoms with van der Waals surface area (Å²) in [5.74, 6) is 2.64. The van der Waals surface area contributed by atoms with Crippen molar-refractivity contribution in [3.63, 3.8) is 0 Å². The Hall–Kier alpha value is -2.56. The maximum atomic E-state index is 4.36. The van der Waals surface area contributed by atoms with Crippen LogP contribution in [0.25, 0.3) is 11.4 Å². The average molecular weight is 277 g/mol. The monoisotopic (exact) mass is 277 g/mol. The second kappa shape index (κ2) is 4.77. The van der Waals surface area contributed by atoms with Gasteiger partial charge in [-0.2, -0.15) is 0 Å². The van der Waals surface area contributed by atoms with Crippen LogP contribution >= 0.6 is 0 Å². The summed E-state index contributed by atoms with van der Waals surface area (Å²) in [5, 5.41) is 8.70. The summed E-state index contributed by atoms with van der Waals surface area (Å²) >= 11 is 0. The molecule has 4 rings (SSSR count). The molecule has 0 saturated heterocycles. The van der Waals surface area contributed by atoms with Crippen LogP contribution in [0, 0.1) is 6.92 Å². The minimum absolute atomic E-state index is 0.764. The zero-order valence-corrected chi connectivity index (χ0v) is 11.8. The molecule has 3 aromatic rings. The highest BCUT2D eigenvalue weighted by molar-refractivity contribution is 5.53. The molecule has 2 aromatic heterocycles. The van der Waals surface area contributed by atoms with Crippen LogP contribution in [-0.2, 0) is 19.4 Å². The van der Waals surface area contributed by atoms with Crippen LogP contribution in [-0.4, -0.2) is 24.7 Å². The first-order valence-corrected chi connectivity index (χ1v) is 7.09. The topological polar surface area (TPSA) is 56.5 Å². The summed E-state index contributed by atoms with van der Waals surface area (Å²) in [6.07, 6.45) is 5.56. The third kappa shape index (κ3) is 2.11. The molecule has 0 spiro atoms. The summed E-state index contributed by atoms with van der Waals surface area (Å²) in [6.45, 7) is 2.69. The molecular weight excluding hydrogens is 262 g/mol. The molecule has 5 nitrogen and oxygen atoms in total. The molecule has 1 aliphatic rings. The number of hydrogen-bond acceptors (Lipinski definition) is 4. The molecule has 0 aliphatic carbocycles. The van der Waals surface area contributed by atoms with E-state index >= 15 is 0 Å². The van der Waals surface area contributed by atoms with Gasteiger partial charge in [0.25, 0.3) is 0 Å². The van der Waals surface area contributed by atoms with Gasteiger partial charge in [0.15, 0.2) is 5.82 Å². The van der Waals surface area contributed by atoms with E-state index in [0.29, 0.717) is 0 Å². The Morgan fingerprint density at radius 2 is 1.71 bits per heavy atom. The van der Waals surface area contributed by atoms with Crippen molar-refractivity contribution in [2.24, 2.45) is 0 Å². The Balaban J connectivity index is 1.81. The van der Waals surface area contributed by atoms with Gasteiger partial charge in [0.05, 0.1) is 12.1 Å². The van der Waals surface area contributed by atoms with Gasteiger partial charge >= 0.3 is 0 Å². The lowest BCUT2D eigenvalue weighted by Gasteiger charge is -2.08. The average Bonchev–Trinajstić information content (AvgIpc) is 2.81. The van der Waals surface area contributed by atoms with E-state index in [0.717, 1.165) is 42.4 Å². The highest BCUT2D eigenvalue weighted by atomic mass is 15.3. The number of nitrogens with zero attached hydrogens (tertiary/aromatic N) is 5. The number of aryl methyl sites for hydroxylation is 3. The highest BCUT2D eigenvalue weighted by Crippen LogP contribution is 2.24. The lowest BCUT2D eigenvalue weighted by atomic mass is 10.0. The SMILES string of the molecule is Cc1ncc(-c2nnc3n2Cc2ccccc2CC3)cn1. The molecule has 104 valence electrons. The fraction of sp³-hybridized carbons (Fsp3) is 0.250. The third-order valence-corrected chi connectivity index (χ3v) is 3.93. The maximum absolute atomic E-state index is 4.36. The Morgan fingerprint density at radius 3 is 2.52 bits per heavy atom. The summed E-state index contributed by atoms with van der Waals surface area (Å²) < 4.78 is 2.18. The van der Waals surface area contributed by atoms with E-state index in [-0.39, 0.29) is 0 Å². The van der Waals surface area contributed by atoms with E-state index in [1.54, 1.807) is 0 Å². The van der Waals surface area contributed by atoms with Gasteiger partial charge in [-0.3, -0.25) is 0 Å². The van der Waals surface area contributed by atoms with E-state index < -0.39 is 0 Å². The Kier molecular flexibility index (Phi) is 2.77. The predicted molar refractivity (Wildman–Crippen MR) is 78.7 cm³/mol. The second-order valence-electron chi connectivity index (χ2n) is 5.31. The summed E-state index contributed by atoms with van der Waals surface area (Å²) in [4.78, 5) is 8.52. The fourth-order valence-electron chi connectivity index (χ4n) is 2.78. The molecule has 1 aliphatic heterocycles. The van der Waals surface area contributed by atoms with Crippen molar-refractivity contribution in [2.75, 3.05) is 0 Å². The number of fused-ring (bicyclic) bond motifs is 2. The van der Waals surface area contributed by atoms with Crippen LogP contribution in [0.3, 0.4) is 0 Å². The molecular formula is C16H15N5. The van der Waals surface area contributed by atoms with Gasteiger partial charge < -0.3 is 4.57 Å². The van der Waals surface area contributed by atoms with Gasteiger partial charge in [-0.25, -0.2) is 9.97 Å². The first-order chi connectivity index (χ1) is 10.3. The fourth-order valence-corrected chi connectivity index (χ4v) is 2.78. The molecule has 0 atom stereocenters. The van der Waals surface area contributed by atoms with E-state index in [1.807, 2.05) is 19.3 Å². The zero-order chi connectivity index (χ0) is 14.2. The largest absolute Gasteiger partial charge is 0.306 e. The smallest absolute Gasteiger partial charge is 0.167 e. The minimum atomic E-state index is 0.764. The Morgan fingerprint density at radius 1 is 0.952 bits per heavy atom. The summed E-state index contributed by atoms with van der Waals surface area (Å²) in [6, 6.07) is 8.56. The van der Waals surface area contributed by atoms with Crippen LogP contribution in [0.15, 0.2) is 36.7 Å². The van der Waals surface area contributed by atoms with E-state index in [1.165, 1.54) is 11.1 Å². The van der Waals surface area contributed by atoms with Crippen molar-refractivity contribution >= 4 is 0 Å². The normalized spacial score (nSPS) is 13.4. The maximum Gasteiger partial charge on any atom is 0.167 e. The van der Waals surface area contributed by atoms with Crippen LogP contribution in [0.5, 0.6) is 0 Å². The second-order valence-corrected chi connectivity index (χ2v) is 5.31. The third-order valence-electron chi connectivity index (χ3n) is 3.93. The van der Waals surface area contributed by atoms with Crippen molar-refractivity contribution in [2.45, 2.75) is 26.3 Å². The minimum Gasteiger partial charge on any atom is -0.306 e.